The Kier molecular flexibility index (Phi) is 2.69. The molecule has 0 aliphatic heterocycles. The maximum Gasteiger partial charge on any atom is 0.129 e. The summed E-state index contributed by atoms with van der Waals surface area (Å²) in [5.74, 6) is -0.315. The summed E-state index contributed by atoms with van der Waals surface area (Å²) in [4.78, 5) is 0. The van der Waals surface area contributed by atoms with Crippen LogP contribution in [0, 0.1) is 11.9 Å². The molecule has 0 atom stereocenters. The molecule has 0 bridgehead atoms. The molecule has 0 amide bonds. The Labute approximate surface area is 72.1 Å². The summed E-state index contributed by atoms with van der Waals surface area (Å²) in [7, 11) is 0. The molecule has 0 fully saturated rings. The second kappa shape index (κ2) is 3.35. The van der Waals surface area contributed by atoms with Crippen LogP contribution in [0.4, 0.5) is 4.39 Å². The molecule has 0 unspecified atom stereocenters. The Morgan fingerprint density at radius 1 is 1.70 bits per heavy atom. The van der Waals surface area contributed by atoms with Crippen molar-refractivity contribution in [3.05, 3.63) is 34.6 Å². The van der Waals surface area contributed by atoms with Gasteiger partial charge in [0.05, 0.1) is 0 Å². The third-order valence-electron chi connectivity index (χ3n) is 1.07. The molecule has 0 heterocycles. The average molecular weight is 222 g/mol. The van der Waals surface area contributed by atoms with Crippen molar-refractivity contribution >= 4 is 27.5 Å². The van der Waals surface area contributed by atoms with E-state index in [0.29, 0.717) is 15.9 Å². The Morgan fingerprint density at radius 2 is 2.40 bits per heavy atom. The Bertz CT molecular complexity index is 237. The van der Waals surface area contributed by atoms with Crippen molar-refractivity contribution in [2.75, 3.05) is 0 Å². The lowest BCUT2D eigenvalue weighted by molar-refractivity contribution is 0.617. The topological polar surface area (TPSA) is 0 Å². The van der Waals surface area contributed by atoms with Crippen LogP contribution in [-0.2, 0) is 5.33 Å². The van der Waals surface area contributed by atoms with Crippen LogP contribution in [-0.4, -0.2) is 0 Å². The van der Waals surface area contributed by atoms with Crippen molar-refractivity contribution < 1.29 is 4.39 Å². The Hall–Kier alpha value is -0.0800. The smallest absolute Gasteiger partial charge is 0.129 e. The predicted molar refractivity (Wildman–Crippen MR) is 42.9 cm³/mol. The zero-order valence-electron chi connectivity index (χ0n) is 5.00. The predicted octanol–water partition coefficient (Wildman–Crippen LogP) is 3.17. The Morgan fingerprint density at radius 3 is 2.90 bits per heavy atom. The first-order valence-electron chi connectivity index (χ1n) is 2.65. The van der Waals surface area contributed by atoms with Crippen LogP contribution < -0.4 is 0 Å². The normalized spacial score (nSPS) is 9.90. The fraction of sp³-hybridized carbons (Fsp3) is 0.143. The second-order valence-electron chi connectivity index (χ2n) is 1.78. The summed E-state index contributed by atoms with van der Waals surface area (Å²) < 4.78 is 12.7. The van der Waals surface area contributed by atoms with E-state index in [4.69, 9.17) is 11.6 Å². The highest BCUT2D eigenvalue weighted by Crippen LogP contribution is 2.15. The van der Waals surface area contributed by atoms with E-state index in [0.717, 1.165) is 0 Å². The van der Waals surface area contributed by atoms with Crippen LogP contribution in [0.1, 0.15) is 5.56 Å². The van der Waals surface area contributed by atoms with Crippen molar-refractivity contribution in [3.63, 3.8) is 0 Å². The summed E-state index contributed by atoms with van der Waals surface area (Å²) in [5, 5.41) is 0.845. The van der Waals surface area contributed by atoms with Crippen LogP contribution in [0.5, 0.6) is 0 Å². The molecule has 0 aliphatic carbocycles. The maximum atomic E-state index is 12.7. The van der Waals surface area contributed by atoms with Gasteiger partial charge in [-0.05, 0) is 18.2 Å². The van der Waals surface area contributed by atoms with E-state index in [9.17, 15) is 4.39 Å². The lowest BCUT2D eigenvalue weighted by atomic mass is 10.2. The molecule has 0 saturated carbocycles. The van der Waals surface area contributed by atoms with Gasteiger partial charge in [0.25, 0.3) is 0 Å². The van der Waals surface area contributed by atoms with E-state index >= 15 is 0 Å². The minimum atomic E-state index is -0.315. The van der Waals surface area contributed by atoms with Crippen LogP contribution in [0.3, 0.4) is 0 Å². The fourth-order valence-electron chi connectivity index (χ4n) is 0.577. The monoisotopic (exact) mass is 221 g/mol. The van der Waals surface area contributed by atoms with Crippen molar-refractivity contribution in [2.24, 2.45) is 0 Å². The first-order valence-corrected chi connectivity index (χ1v) is 4.15. The SMILES string of the molecule is Fc1cc(Cl)c[c]c1CBr. The van der Waals surface area contributed by atoms with E-state index in [1.165, 1.54) is 6.07 Å². The second-order valence-corrected chi connectivity index (χ2v) is 2.78. The molecular formula is C7H4BrClF. The molecule has 0 aromatic heterocycles. The number of rotatable bonds is 1. The van der Waals surface area contributed by atoms with Gasteiger partial charge in [0.1, 0.15) is 5.82 Å². The van der Waals surface area contributed by atoms with Gasteiger partial charge in [-0.15, -0.1) is 0 Å². The molecular weight excluding hydrogens is 218 g/mol. The zero-order valence-corrected chi connectivity index (χ0v) is 7.34. The van der Waals surface area contributed by atoms with Gasteiger partial charge in [0.2, 0.25) is 0 Å². The summed E-state index contributed by atoms with van der Waals surface area (Å²) >= 11 is 8.61. The van der Waals surface area contributed by atoms with Crippen LogP contribution in [0.15, 0.2) is 12.1 Å². The molecule has 53 valence electrons. The minimum absolute atomic E-state index is 0.315. The fourth-order valence-corrected chi connectivity index (χ4v) is 1.16. The lowest BCUT2D eigenvalue weighted by Gasteiger charge is -1.95. The molecule has 0 spiro atoms. The third kappa shape index (κ3) is 1.70. The quantitative estimate of drug-likeness (QED) is 0.640. The molecule has 1 aromatic rings. The summed E-state index contributed by atoms with van der Waals surface area (Å²) in [5.41, 5.74) is 0.504. The van der Waals surface area contributed by atoms with E-state index < -0.39 is 0 Å². The average Bonchev–Trinajstić information content (AvgIpc) is 1.88. The number of benzene rings is 1. The first-order chi connectivity index (χ1) is 4.74. The van der Waals surface area contributed by atoms with Gasteiger partial charge in [-0.3, -0.25) is 0 Å². The molecule has 1 rings (SSSR count). The highest BCUT2D eigenvalue weighted by molar-refractivity contribution is 9.08. The summed E-state index contributed by atoms with van der Waals surface area (Å²) in [6, 6.07) is 5.52. The van der Waals surface area contributed by atoms with E-state index in [2.05, 4.69) is 22.0 Å². The highest BCUT2D eigenvalue weighted by atomic mass is 79.9. The zero-order chi connectivity index (χ0) is 7.56. The molecule has 0 N–H and O–H groups in total. The molecule has 10 heavy (non-hydrogen) atoms. The Balaban J connectivity index is 3.07. The number of halogens is 3. The van der Waals surface area contributed by atoms with Gasteiger partial charge in [0, 0.05) is 15.9 Å². The molecule has 1 radical (unpaired) electrons. The van der Waals surface area contributed by atoms with E-state index in [-0.39, 0.29) is 5.82 Å². The van der Waals surface area contributed by atoms with Crippen LogP contribution in [0.2, 0.25) is 5.02 Å². The maximum absolute atomic E-state index is 12.7. The van der Waals surface area contributed by atoms with Crippen molar-refractivity contribution in [1.29, 1.82) is 0 Å². The van der Waals surface area contributed by atoms with Crippen molar-refractivity contribution in [2.45, 2.75) is 5.33 Å². The van der Waals surface area contributed by atoms with E-state index in [1.54, 1.807) is 6.07 Å². The van der Waals surface area contributed by atoms with Gasteiger partial charge >= 0.3 is 0 Å². The lowest BCUT2D eigenvalue weighted by Crippen LogP contribution is -1.84. The standard InChI is InChI=1S/C7H4BrClF/c8-4-5-1-2-6(9)3-7(5)10/h2-3H,4H2. The minimum Gasteiger partial charge on any atom is -0.207 e. The largest absolute Gasteiger partial charge is 0.207 e. The molecule has 0 aliphatic rings. The molecule has 1 aromatic carbocycles. The van der Waals surface area contributed by atoms with Gasteiger partial charge in [0.15, 0.2) is 0 Å². The molecule has 3 heteroatoms. The number of hydrogen-bond acceptors (Lipinski definition) is 0. The van der Waals surface area contributed by atoms with Crippen molar-refractivity contribution in [3.8, 4) is 0 Å². The van der Waals surface area contributed by atoms with Gasteiger partial charge in [-0.25, -0.2) is 4.39 Å². The van der Waals surface area contributed by atoms with E-state index in [1.807, 2.05) is 0 Å². The van der Waals surface area contributed by atoms with Crippen LogP contribution in [0.25, 0.3) is 0 Å². The van der Waals surface area contributed by atoms with Gasteiger partial charge in [-0.2, -0.15) is 0 Å². The van der Waals surface area contributed by atoms with Gasteiger partial charge < -0.3 is 0 Å². The summed E-state index contributed by atoms with van der Waals surface area (Å²) in [6.07, 6.45) is 0. The number of hydrogen-bond donors (Lipinski definition) is 0. The third-order valence-corrected chi connectivity index (χ3v) is 1.85. The van der Waals surface area contributed by atoms with Crippen LogP contribution >= 0.6 is 27.5 Å². The highest BCUT2D eigenvalue weighted by Gasteiger charge is 1.99. The summed E-state index contributed by atoms with van der Waals surface area (Å²) in [6.45, 7) is 0. The van der Waals surface area contributed by atoms with Gasteiger partial charge in [-0.1, -0.05) is 27.5 Å². The number of alkyl halides is 1. The first kappa shape index (κ1) is 8.02. The molecule has 0 saturated heterocycles. The molecule has 0 nitrogen and oxygen atoms in total. The van der Waals surface area contributed by atoms with Crippen molar-refractivity contribution in [1.82, 2.24) is 0 Å².